The first-order chi connectivity index (χ1) is 17.8. The zero-order valence-corrected chi connectivity index (χ0v) is 19.2. The Kier molecular flexibility index (Phi) is 6.19. The monoisotopic (exact) mass is 500 g/mol. The van der Waals surface area contributed by atoms with Crippen LogP contribution >= 0.6 is 0 Å². The molecule has 0 atom stereocenters. The van der Waals surface area contributed by atoms with E-state index in [0.717, 1.165) is 12.1 Å². The van der Waals surface area contributed by atoms with Crippen molar-refractivity contribution in [2.75, 3.05) is 10.6 Å². The number of nitrogens with zero attached hydrogens (tertiary/aromatic N) is 2. The Bertz CT molecular complexity index is 1610. The highest BCUT2D eigenvalue weighted by atomic mass is 19.4. The molecule has 5 rings (SSSR count). The van der Waals surface area contributed by atoms with Crippen molar-refractivity contribution in [3.63, 3.8) is 0 Å². The fourth-order valence-electron chi connectivity index (χ4n) is 3.90. The highest BCUT2D eigenvalue weighted by Crippen LogP contribution is 2.30. The minimum absolute atomic E-state index is 0.103. The molecule has 2 N–H and O–H groups in total. The minimum Gasteiger partial charge on any atom is -0.322 e. The summed E-state index contributed by atoms with van der Waals surface area (Å²) in [6.07, 6.45) is -1.11. The standard InChI is InChI=1S/C28H19F3N4O2/c29-28(30,31)21-11-4-10-20(15-21)27(37)33-22-12-5-9-19(16-22)24-17-32-25-23(13-6-14-35(24)25)34-26(36)18-7-2-1-3-8-18/h1-17H,(H,33,37)(H,34,36). The summed E-state index contributed by atoms with van der Waals surface area (Å²) >= 11 is 0. The number of amides is 2. The number of imidazole rings is 1. The second-order valence-electron chi connectivity index (χ2n) is 8.19. The molecule has 2 amide bonds. The predicted molar refractivity (Wildman–Crippen MR) is 134 cm³/mol. The lowest BCUT2D eigenvalue weighted by molar-refractivity contribution is -0.137. The molecule has 0 saturated carbocycles. The van der Waals surface area contributed by atoms with Crippen molar-refractivity contribution in [1.82, 2.24) is 9.38 Å². The molecule has 0 spiro atoms. The van der Waals surface area contributed by atoms with Gasteiger partial charge in [0.25, 0.3) is 11.8 Å². The molecule has 37 heavy (non-hydrogen) atoms. The molecule has 0 bridgehead atoms. The van der Waals surface area contributed by atoms with Gasteiger partial charge < -0.3 is 10.6 Å². The number of rotatable bonds is 5. The first-order valence-corrected chi connectivity index (χ1v) is 11.2. The molecule has 6 nitrogen and oxygen atoms in total. The maximum Gasteiger partial charge on any atom is 0.416 e. The van der Waals surface area contributed by atoms with Crippen molar-refractivity contribution in [2.45, 2.75) is 6.18 Å². The molecule has 184 valence electrons. The van der Waals surface area contributed by atoms with Crippen LogP contribution in [0.4, 0.5) is 24.5 Å². The van der Waals surface area contributed by atoms with Crippen LogP contribution in [0.25, 0.3) is 16.9 Å². The number of benzene rings is 3. The highest BCUT2D eigenvalue weighted by molar-refractivity contribution is 6.06. The largest absolute Gasteiger partial charge is 0.416 e. The first kappa shape index (κ1) is 23.8. The molecular formula is C28H19F3N4O2. The van der Waals surface area contributed by atoms with E-state index in [1.165, 1.54) is 12.1 Å². The molecule has 5 aromatic rings. The molecule has 0 saturated heterocycles. The number of anilines is 2. The van der Waals surface area contributed by atoms with Crippen LogP contribution in [-0.4, -0.2) is 21.2 Å². The predicted octanol–water partition coefficient (Wildman–Crippen LogP) is 6.52. The second-order valence-corrected chi connectivity index (χ2v) is 8.19. The van der Waals surface area contributed by atoms with Crippen molar-refractivity contribution in [1.29, 1.82) is 0 Å². The van der Waals surface area contributed by atoms with Crippen molar-refractivity contribution >= 4 is 28.8 Å². The van der Waals surface area contributed by atoms with Crippen molar-refractivity contribution in [2.24, 2.45) is 0 Å². The zero-order valence-electron chi connectivity index (χ0n) is 19.2. The van der Waals surface area contributed by atoms with E-state index in [1.54, 1.807) is 71.4 Å². The van der Waals surface area contributed by atoms with Gasteiger partial charge in [-0.05, 0) is 54.6 Å². The fraction of sp³-hybridized carbons (Fsp3) is 0.0357. The topological polar surface area (TPSA) is 75.5 Å². The van der Waals surface area contributed by atoms with Crippen LogP contribution < -0.4 is 10.6 Å². The van der Waals surface area contributed by atoms with E-state index in [-0.39, 0.29) is 11.5 Å². The number of hydrogen-bond acceptors (Lipinski definition) is 3. The summed E-state index contributed by atoms with van der Waals surface area (Å²) in [7, 11) is 0. The van der Waals surface area contributed by atoms with Crippen molar-refractivity contribution in [3.05, 3.63) is 120 Å². The van der Waals surface area contributed by atoms with E-state index in [2.05, 4.69) is 15.6 Å². The molecule has 2 aromatic heterocycles. The molecule has 0 aliphatic carbocycles. The number of hydrogen-bond donors (Lipinski definition) is 2. The number of fused-ring (bicyclic) bond motifs is 1. The quantitative estimate of drug-likeness (QED) is 0.288. The highest BCUT2D eigenvalue weighted by Gasteiger charge is 2.30. The van der Waals surface area contributed by atoms with Crippen LogP contribution in [0.1, 0.15) is 26.3 Å². The van der Waals surface area contributed by atoms with E-state index in [0.29, 0.717) is 33.8 Å². The van der Waals surface area contributed by atoms with E-state index in [9.17, 15) is 22.8 Å². The van der Waals surface area contributed by atoms with Gasteiger partial charge in [-0.25, -0.2) is 4.98 Å². The molecule has 0 unspecified atom stereocenters. The van der Waals surface area contributed by atoms with Crippen LogP contribution in [0.3, 0.4) is 0 Å². The Morgan fingerprint density at radius 3 is 2.27 bits per heavy atom. The molecule has 0 aliphatic rings. The molecule has 9 heteroatoms. The van der Waals surface area contributed by atoms with Gasteiger partial charge in [-0.2, -0.15) is 13.2 Å². The lowest BCUT2D eigenvalue weighted by atomic mass is 10.1. The van der Waals surface area contributed by atoms with Gasteiger partial charge in [-0.3, -0.25) is 14.0 Å². The van der Waals surface area contributed by atoms with Crippen molar-refractivity contribution in [3.8, 4) is 11.3 Å². The Morgan fingerprint density at radius 1 is 0.757 bits per heavy atom. The summed E-state index contributed by atoms with van der Waals surface area (Å²) in [5.74, 6) is -0.926. The number of pyridine rings is 1. The van der Waals surface area contributed by atoms with Gasteiger partial charge in [0.15, 0.2) is 5.65 Å². The van der Waals surface area contributed by atoms with Gasteiger partial charge in [-0.1, -0.05) is 36.4 Å². The zero-order chi connectivity index (χ0) is 26.0. The molecule has 2 heterocycles. The van der Waals surface area contributed by atoms with Gasteiger partial charge in [0.05, 0.1) is 23.1 Å². The van der Waals surface area contributed by atoms with Gasteiger partial charge >= 0.3 is 6.18 Å². The van der Waals surface area contributed by atoms with Gasteiger partial charge in [0.1, 0.15) is 0 Å². The average Bonchev–Trinajstić information content (AvgIpc) is 3.34. The maximum atomic E-state index is 13.0. The average molecular weight is 500 g/mol. The summed E-state index contributed by atoms with van der Waals surface area (Å²) in [5.41, 5.74) is 2.38. The van der Waals surface area contributed by atoms with Crippen LogP contribution in [0.15, 0.2) is 103 Å². The Labute approximate surface area is 209 Å². The minimum atomic E-state index is -4.54. The smallest absolute Gasteiger partial charge is 0.322 e. The normalized spacial score (nSPS) is 11.3. The summed E-state index contributed by atoms with van der Waals surface area (Å²) in [4.78, 5) is 29.7. The lowest BCUT2D eigenvalue weighted by Crippen LogP contribution is -2.14. The van der Waals surface area contributed by atoms with Gasteiger partial charge in [0, 0.05) is 28.6 Å². The molecular weight excluding hydrogens is 481 g/mol. The maximum absolute atomic E-state index is 13.0. The third kappa shape index (κ3) is 5.06. The summed E-state index contributed by atoms with van der Waals surface area (Å²) in [6.45, 7) is 0. The van der Waals surface area contributed by atoms with E-state index in [4.69, 9.17) is 0 Å². The Hall–Kier alpha value is -4.92. The SMILES string of the molecule is O=C(Nc1cccc(-c2cnc3c(NC(=O)c4ccccc4)cccn23)c1)c1cccc(C(F)(F)F)c1. The van der Waals surface area contributed by atoms with Crippen LogP contribution in [0, 0.1) is 0 Å². The third-order valence-electron chi connectivity index (χ3n) is 5.69. The van der Waals surface area contributed by atoms with Gasteiger partial charge in [-0.15, -0.1) is 0 Å². The van der Waals surface area contributed by atoms with E-state index in [1.807, 2.05) is 12.1 Å². The number of carbonyl (C=O) groups excluding carboxylic acids is 2. The molecule has 0 aliphatic heterocycles. The van der Waals surface area contributed by atoms with Crippen molar-refractivity contribution < 1.29 is 22.8 Å². The lowest BCUT2D eigenvalue weighted by Gasteiger charge is -2.11. The molecule has 0 fully saturated rings. The summed E-state index contributed by atoms with van der Waals surface area (Å²) in [6, 6.07) is 23.5. The van der Waals surface area contributed by atoms with Crippen LogP contribution in [0.2, 0.25) is 0 Å². The number of carbonyl (C=O) groups is 2. The summed E-state index contributed by atoms with van der Waals surface area (Å²) in [5, 5.41) is 5.53. The number of halogens is 3. The number of nitrogens with one attached hydrogen (secondary N) is 2. The third-order valence-corrected chi connectivity index (χ3v) is 5.69. The van der Waals surface area contributed by atoms with E-state index < -0.39 is 17.6 Å². The number of aromatic nitrogens is 2. The molecule has 3 aromatic carbocycles. The summed E-state index contributed by atoms with van der Waals surface area (Å²) < 4.78 is 40.9. The number of alkyl halides is 3. The van der Waals surface area contributed by atoms with Crippen LogP contribution in [-0.2, 0) is 6.18 Å². The first-order valence-electron chi connectivity index (χ1n) is 11.2. The molecule has 0 radical (unpaired) electrons. The van der Waals surface area contributed by atoms with E-state index >= 15 is 0 Å². The Morgan fingerprint density at radius 2 is 1.49 bits per heavy atom. The van der Waals surface area contributed by atoms with Crippen LogP contribution in [0.5, 0.6) is 0 Å². The fourth-order valence-corrected chi connectivity index (χ4v) is 3.90. The second kappa shape index (κ2) is 9.62. The Balaban J connectivity index is 1.40. The van der Waals surface area contributed by atoms with Gasteiger partial charge in [0.2, 0.25) is 0 Å².